The van der Waals surface area contributed by atoms with Gasteiger partial charge in [-0.1, -0.05) is 12.8 Å². The molecule has 0 spiro atoms. The lowest BCUT2D eigenvalue weighted by molar-refractivity contribution is 0.160. The fraction of sp³-hybridized carbons (Fsp3) is 1.00. The van der Waals surface area contributed by atoms with Gasteiger partial charge >= 0.3 is 0 Å². The van der Waals surface area contributed by atoms with E-state index in [1.165, 1.54) is 25.7 Å². The largest absolute Gasteiger partial charge is 0.303 e. The van der Waals surface area contributed by atoms with Crippen LogP contribution >= 0.6 is 0 Å². The Hall–Kier alpha value is -0.130. The van der Waals surface area contributed by atoms with Gasteiger partial charge in [0, 0.05) is 19.1 Å². The predicted molar refractivity (Wildman–Crippen MR) is 74.1 cm³/mol. The molecule has 2 aliphatic rings. The van der Waals surface area contributed by atoms with Gasteiger partial charge in [-0.3, -0.25) is 0 Å². The highest BCUT2D eigenvalue weighted by atomic mass is 32.2. The van der Waals surface area contributed by atoms with E-state index in [-0.39, 0.29) is 0 Å². The van der Waals surface area contributed by atoms with Crippen molar-refractivity contribution in [2.24, 2.45) is 0 Å². The molecule has 0 aromatic carbocycles. The lowest BCUT2D eigenvalue weighted by Crippen LogP contribution is -2.40. The summed E-state index contributed by atoms with van der Waals surface area (Å²) in [7, 11) is -0.864. The van der Waals surface area contributed by atoms with E-state index in [1.54, 1.807) is 4.31 Å². The molecular weight excluding hydrogens is 248 g/mol. The number of nitrogens with zero attached hydrogens (tertiary/aromatic N) is 2. The Morgan fingerprint density at radius 3 is 2.33 bits per heavy atom. The maximum absolute atomic E-state index is 12.1. The van der Waals surface area contributed by atoms with E-state index < -0.39 is 10.0 Å². The molecule has 2 rings (SSSR count). The number of piperidine rings is 1. The third-order valence-corrected chi connectivity index (χ3v) is 6.28. The molecule has 0 aromatic rings. The Kier molecular flexibility index (Phi) is 5.04. The van der Waals surface area contributed by atoms with Gasteiger partial charge in [0.25, 0.3) is 0 Å². The first kappa shape index (κ1) is 14.3. The van der Waals surface area contributed by atoms with Gasteiger partial charge in [0.05, 0.1) is 5.75 Å². The van der Waals surface area contributed by atoms with Gasteiger partial charge in [-0.2, -0.15) is 0 Å². The normalized spacial score (nSPS) is 23.2. The zero-order valence-electron chi connectivity index (χ0n) is 11.5. The van der Waals surface area contributed by atoms with Crippen LogP contribution in [-0.4, -0.2) is 56.1 Å². The van der Waals surface area contributed by atoms with Crippen LogP contribution in [0.2, 0.25) is 0 Å². The zero-order valence-corrected chi connectivity index (χ0v) is 12.3. The minimum Gasteiger partial charge on any atom is -0.303 e. The van der Waals surface area contributed by atoms with Crippen molar-refractivity contribution >= 4 is 10.0 Å². The summed E-state index contributed by atoms with van der Waals surface area (Å²) < 4.78 is 26.0. The molecule has 1 heterocycles. The SMILES string of the molecule is CN(CCCS(=O)(=O)N1CCCCC1)C1CCC1. The van der Waals surface area contributed by atoms with Gasteiger partial charge in [0.1, 0.15) is 0 Å². The Balaban J connectivity index is 1.70. The van der Waals surface area contributed by atoms with E-state index in [9.17, 15) is 8.42 Å². The smallest absolute Gasteiger partial charge is 0.214 e. The van der Waals surface area contributed by atoms with Crippen molar-refractivity contribution in [2.45, 2.75) is 51.0 Å². The molecule has 1 saturated carbocycles. The maximum Gasteiger partial charge on any atom is 0.214 e. The van der Waals surface area contributed by atoms with Crippen molar-refractivity contribution in [2.75, 3.05) is 32.4 Å². The highest BCUT2D eigenvalue weighted by Gasteiger charge is 2.25. The number of sulfonamides is 1. The molecule has 1 aliphatic heterocycles. The third kappa shape index (κ3) is 3.68. The van der Waals surface area contributed by atoms with Crippen LogP contribution < -0.4 is 0 Å². The molecule has 0 bridgehead atoms. The first-order valence-corrected chi connectivity index (χ1v) is 8.88. The van der Waals surface area contributed by atoms with Crippen molar-refractivity contribution in [3.8, 4) is 0 Å². The predicted octanol–water partition coefficient (Wildman–Crippen LogP) is 1.68. The minimum absolute atomic E-state index is 0.323. The second kappa shape index (κ2) is 6.35. The monoisotopic (exact) mass is 274 g/mol. The van der Waals surface area contributed by atoms with E-state index in [2.05, 4.69) is 11.9 Å². The summed E-state index contributed by atoms with van der Waals surface area (Å²) in [6, 6.07) is 0.711. The van der Waals surface area contributed by atoms with Crippen LogP contribution in [0.4, 0.5) is 0 Å². The van der Waals surface area contributed by atoms with E-state index in [0.29, 0.717) is 11.8 Å². The first-order valence-electron chi connectivity index (χ1n) is 7.28. The minimum atomic E-state index is -2.99. The molecule has 4 nitrogen and oxygen atoms in total. The summed E-state index contributed by atoms with van der Waals surface area (Å²) in [6.45, 7) is 2.39. The first-order chi connectivity index (χ1) is 8.59. The van der Waals surface area contributed by atoms with Crippen LogP contribution in [0.5, 0.6) is 0 Å². The molecule has 0 aromatic heterocycles. The quantitative estimate of drug-likeness (QED) is 0.740. The van der Waals surface area contributed by atoms with Crippen LogP contribution in [0.25, 0.3) is 0 Å². The Morgan fingerprint density at radius 2 is 1.78 bits per heavy atom. The van der Waals surface area contributed by atoms with Crippen molar-refractivity contribution < 1.29 is 8.42 Å². The number of rotatable bonds is 6. The summed E-state index contributed by atoms with van der Waals surface area (Å²) in [5.41, 5.74) is 0. The van der Waals surface area contributed by atoms with Gasteiger partial charge < -0.3 is 4.90 Å². The summed E-state index contributed by atoms with van der Waals surface area (Å²) in [4.78, 5) is 2.33. The van der Waals surface area contributed by atoms with E-state index >= 15 is 0 Å². The zero-order chi connectivity index (χ0) is 13.0. The molecule has 1 saturated heterocycles. The summed E-state index contributed by atoms with van der Waals surface area (Å²) in [5.74, 6) is 0.323. The molecule has 0 unspecified atom stereocenters. The molecular formula is C13H26N2O2S. The highest BCUT2D eigenvalue weighted by Crippen LogP contribution is 2.23. The van der Waals surface area contributed by atoms with Crippen molar-refractivity contribution in [3.05, 3.63) is 0 Å². The van der Waals surface area contributed by atoms with E-state index in [0.717, 1.165) is 38.9 Å². The topological polar surface area (TPSA) is 40.6 Å². The van der Waals surface area contributed by atoms with Gasteiger partial charge in [-0.25, -0.2) is 12.7 Å². The molecule has 1 aliphatic carbocycles. The fourth-order valence-electron chi connectivity index (χ4n) is 2.78. The molecule has 0 amide bonds. The van der Waals surface area contributed by atoms with Crippen molar-refractivity contribution in [3.63, 3.8) is 0 Å². The third-order valence-electron chi connectivity index (χ3n) is 4.32. The van der Waals surface area contributed by atoms with Crippen LogP contribution in [0.1, 0.15) is 44.9 Å². The second-order valence-electron chi connectivity index (χ2n) is 5.69. The Labute approximate surface area is 111 Å². The average Bonchev–Trinajstić information content (AvgIpc) is 2.27. The summed E-state index contributed by atoms with van der Waals surface area (Å²) in [5, 5.41) is 0. The van der Waals surface area contributed by atoms with Crippen molar-refractivity contribution in [1.29, 1.82) is 0 Å². The second-order valence-corrected chi connectivity index (χ2v) is 7.78. The Morgan fingerprint density at radius 1 is 1.11 bits per heavy atom. The average molecular weight is 274 g/mol. The van der Waals surface area contributed by atoms with Gasteiger partial charge in [-0.15, -0.1) is 0 Å². The van der Waals surface area contributed by atoms with Crippen molar-refractivity contribution in [1.82, 2.24) is 9.21 Å². The van der Waals surface area contributed by atoms with Crippen LogP contribution in [-0.2, 0) is 10.0 Å². The van der Waals surface area contributed by atoms with Gasteiger partial charge in [0.2, 0.25) is 10.0 Å². The standard InChI is InChI=1S/C13H26N2O2S/c1-14(13-7-5-8-13)9-6-12-18(16,17)15-10-3-2-4-11-15/h13H,2-12H2,1H3. The lowest BCUT2D eigenvalue weighted by Gasteiger charge is -2.35. The van der Waals surface area contributed by atoms with Crippen LogP contribution in [0.15, 0.2) is 0 Å². The molecule has 0 N–H and O–H groups in total. The molecule has 0 atom stereocenters. The molecule has 5 heteroatoms. The Bertz CT molecular complexity index is 346. The van der Waals surface area contributed by atoms with Crippen LogP contribution in [0.3, 0.4) is 0 Å². The molecule has 2 fully saturated rings. The highest BCUT2D eigenvalue weighted by molar-refractivity contribution is 7.89. The number of hydrogen-bond acceptors (Lipinski definition) is 3. The van der Waals surface area contributed by atoms with Crippen LogP contribution in [0, 0.1) is 0 Å². The van der Waals surface area contributed by atoms with E-state index in [1.807, 2.05) is 0 Å². The van der Waals surface area contributed by atoms with E-state index in [4.69, 9.17) is 0 Å². The fourth-order valence-corrected chi connectivity index (χ4v) is 4.35. The van der Waals surface area contributed by atoms with Gasteiger partial charge in [0.15, 0.2) is 0 Å². The number of hydrogen-bond donors (Lipinski definition) is 0. The summed E-state index contributed by atoms with van der Waals surface area (Å²) >= 11 is 0. The van der Waals surface area contributed by atoms with Gasteiger partial charge in [-0.05, 0) is 45.7 Å². The molecule has 106 valence electrons. The maximum atomic E-state index is 12.1. The summed E-state index contributed by atoms with van der Waals surface area (Å²) in [6.07, 6.45) is 7.91. The lowest BCUT2D eigenvalue weighted by atomic mass is 9.92. The molecule has 0 radical (unpaired) electrons. The molecule has 18 heavy (non-hydrogen) atoms.